The van der Waals surface area contributed by atoms with Gasteiger partial charge >= 0.3 is 12.1 Å². The standard InChI is InChI=1S/C28H26N2O5/c31-25(29-17-28(12-13-28)26(32)33)15-18-6-5-7-19(14-18)30-27(34)35-16-24-22-10-3-1-8-20(22)21-9-2-4-11-23(21)24/h1-11,14,24H,12-13,15-17H2,(H,29,31)(H,30,34)(H,32,33). The lowest BCUT2D eigenvalue weighted by atomic mass is 9.98. The van der Waals surface area contributed by atoms with Gasteiger partial charge in [-0.25, -0.2) is 4.79 Å². The van der Waals surface area contributed by atoms with Crippen molar-refractivity contribution in [2.45, 2.75) is 25.2 Å². The number of fused-ring (bicyclic) bond motifs is 3. The molecule has 35 heavy (non-hydrogen) atoms. The van der Waals surface area contributed by atoms with Crippen LogP contribution in [-0.4, -0.2) is 36.2 Å². The van der Waals surface area contributed by atoms with E-state index in [0.717, 1.165) is 11.1 Å². The number of carboxylic acid groups (broad SMARTS) is 1. The van der Waals surface area contributed by atoms with Crippen LogP contribution < -0.4 is 10.6 Å². The van der Waals surface area contributed by atoms with Crippen LogP contribution in [0, 0.1) is 5.41 Å². The molecular weight excluding hydrogens is 444 g/mol. The summed E-state index contributed by atoms with van der Waals surface area (Å²) in [5.41, 5.74) is 5.05. The molecule has 0 atom stereocenters. The fourth-order valence-corrected chi connectivity index (χ4v) is 4.64. The Morgan fingerprint density at radius 3 is 2.20 bits per heavy atom. The second-order valence-electron chi connectivity index (χ2n) is 9.19. The van der Waals surface area contributed by atoms with E-state index < -0.39 is 17.5 Å². The molecule has 0 aliphatic heterocycles. The minimum Gasteiger partial charge on any atom is -0.481 e. The van der Waals surface area contributed by atoms with E-state index in [9.17, 15) is 19.5 Å². The van der Waals surface area contributed by atoms with Crippen LogP contribution in [0.15, 0.2) is 72.8 Å². The molecule has 0 radical (unpaired) electrons. The van der Waals surface area contributed by atoms with Gasteiger partial charge in [0.05, 0.1) is 11.8 Å². The molecule has 2 amide bonds. The van der Waals surface area contributed by atoms with Crippen molar-refractivity contribution in [1.82, 2.24) is 5.32 Å². The molecule has 3 N–H and O–H groups in total. The lowest BCUT2D eigenvalue weighted by molar-refractivity contribution is -0.143. The number of amides is 2. The number of aliphatic carboxylic acids is 1. The Morgan fingerprint density at radius 2 is 1.57 bits per heavy atom. The SMILES string of the molecule is O=C(Cc1cccc(NC(=O)OCC2c3ccccc3-c3ccccc32)c1)NCC1(C(=O)O)CC1. The summed E-state index contributed by atoms with van der Waals surface area (Å²) in [6.45, 7) is 0.353. The van der Waals surface area contributed by atoms with E-state index in [0.29, 0.717) is 24.1 Å². The fraction of sp³-hybridized carbons (Fsp3) is 0.250. The Hall–Kier alpha value is -4.13. The molecule has 0 bridgehead atoms. The van der Waals surface area contributed by atoms with E-state index in [1.54, 1.807) is 24.3 Å². The Balaban J connectivity index is 1.16. The summed E-state index contributed by atoms with van der Waals surface area (Å²) in [7, 11) is 0. The molecule has 0 spiro atoms. The molecule has 0 saturated heterocycles. The molecule has 3 aromatic carbocycles. The van der Waals surface area contributed by atoms with Crippen molar-refractivity contribution in [3.05, 3.63) is 89.5 Å². The third-order valence-corrected chi connectivity index (χ3v) is 6.81. The molecule has 5 rings (SSSR count). The van der Waals surface area contributed by atoms with Crippen LogP contribution in [0.3, 0.4) is 0 Å². The first-order valence-corrected chi connectivity index (χ1v) is 11.7. The van der Waals surface area contributed by atoms with Gasteiger partial charge in [0.2, 0.25) is 5.91 Å². The van der Waals surface area contributed by atoms with Gasteiger partial charge in [0.15, 0.2) is 0 Å². The predicted octanol–water partition coefficient (Wildman–Crippen LogP) is 4.57. The maximum absolute atomic E-state index is 12.5. The number of hydrogen-bond acceptors (Lipinski definition) is 4. The van der Waals surface area contributed by atoms with Crippen molar-refractivity contribution in [1.29, 1.82) is 0 Å². The molecule has 1 saturated carbocycles. The second-order valence-corrected chi connectivity index (χ2v) is 9.19. The molecule has 178 valence electrons. The Kier molecular flexibility index (Phi) is 5.99. The van der Waals surface area contributed by atoms with Crippen LogP contribution >= 0.6 is 0 Å². The highest BCUT2D eigenvalue weighted by Crippen LogP contribution is 2.45. The minimum absolute atomic E-state index is 0.0243. The first-order valence-electron chi connectivity index (χ1n) is 11.7. The normalized spacial score (nSPS) is 15.0. The van der Waals surface area contributed by atoms with Gasteiger partial charge in [0.1, 0.15) is 6.61 Å². The van der Waals surface area contributed by atoms with E-state index >= 15 is 0 Å². The average Bonchev–Trinajstić information content (AvgIpc) is 3.59. The Labute approximate surface area is 203 Å². The molecule has 0 aromatic heterocycles. The molecule has 3 aromatic rings. The van der Waals surface area contributed by atoms with Crippen LogP contribution in [-0.2, 0) is 20.7 Å². The first-order chi connectivity index (χ1) is 16.9. The number of carbonyl (C=O) groups is 3. The van der Waals surface area contributed by atoms with Crippen LogP contribution in [0.25, 0.3) is 11.1 Å². The number of nitrogens with one attached hydrogen (secondary N) is 2. The maximum Gasteiger partial charge on any atom is 0.411 e. The van der Waals surface area contributed by atoms with Crippen molar-refractivity contribution < 1.29 is 24.2 Å². The lowest BCUT2D eigenvalue weighted by Gasteiger charge is -2.15. The van der Waals surface area contributed by atoms with E-state index in [1.165, 1.54) is 11.1 Å². The number of benzene rings is 3. The quantitative estimate of drug-likeness (QED) is 0.447. The highest BCUT2D eigenvalue weighted by Gasteiger charge is 2.50. The zero-order valence-corrected chi connectivity index (χ0v) is 19.1. The van der Waals surface area contributed by atoms with Crippen molar-refractivity contribution in [3.63, 3.8) is 0 Å². The van der Waals surface area contributed by atoms with Gasteiger partial charge in [-0.15, -0.1) is 0 Å². The third kappa shape index (κ3) is 4.75. The van der Waals surface area contributed by atoms with Gasteiger partial charge < -0.3 is 15.2 Å². The Morgan fingerprint density at radius 1 is 0.914 bits per heavy atom. The summed E-state index contributed by atoms with van der Waals surface area (Å²) in [6, 6.07) is 23.3. The van der Waals surface area contributed by atoms with Crippen LogP contribution in [0.2, 0.25) is 0 Å². The van der Waals surface area contributed by atoms with Gasteiger partial charge in [0.25, 0.3) is 0 Å². The molecule has 0 unspecified atom stereocenters. The van der Waals surface area contributed by atoms with E-state index in [2.05, 4.69) is 34.9 Å². The number of hydrogen-bond donors (Lipinski definition) is 3. The van der Waals surface area contributed by atoms with Crippen LogP contribution in [0.1, 0.15) is 35.4 Å². The zero-order valence-electron chi connectivity index (χ0n) is 19.1. The average molecular weight is 471 g/mol. The molecule has 2 aliphatic rings. The highest BCUT2D eigenvalue weighted by atomic mass is 16.5. The van der Waals surface area contributed by atoms with Crippen molar-refractivity contribution in [2.24, 2.45) is 5.41 Å². The molecular formula is C28H26N2O5. The van der Waals surface area contributed by atoms with Crippen molar-refractivity contribution in [3.8, 4) is 11.1 Å². The van der Waals surface area contributed by atoms with Crippen LogP contribution in [0.4, 0.5) is 10.5 Å². The van der Waals surface area contributed by atoms with Gasteiger partial charge in [0, 0.05) is 18.2 Å². The van der Waals surface area contributed by atoms with Gasteiger partial charge in [-0.2, -0.15) is 0 Å². The summed E-state index contributed by atoms with van der Waals surface area (Å²) < 4.78 is 5.59. The van der Waals surface area contributed by atoms with Gasteiger partial charge in [-0.1, -0.05) is 60.7 Å². The predicted molar refractivity (Wildman–Crippen MR) is 131 cm³/mol. The smallest absolute Gasteiger partial charge is 0.411 e. The molecule has 7 heteroatoms. The van der Waals surface area contributed by atoms with E-state index in [1.807, 2.05) is 24.3 Å². The molecule has 2 aliphatic carbocycles. The number of rotatable bonds is 8. The Bertz CT molecular complexity index is 1250. The summed E-state index contributed by atoms with van der Waals surface area (Å²) in [5.74, 6) is -1.15. The first kappa shape index (κ1) is 22.7. The van der Waals surface area contributed by atoms with Crippen molar-refractivity contribution >= 4 is 23.7 Å². The topological polar surface area (TPSA) is 105 Å². The van der Waals surface area contributed by atoms with Crippen LogP contribution in [0.5, 0.6) is 0 Å². The van der Waals surface area contributed by atoms with Crippen molar-refractivity contribution in [2.75, 3.05) is 18.5 Å². The number of ether oxygens (including phenoxy) is 1. The summed E-state index contributed by atoms with van der Waals surface area (Å²) >= 11 is 0. The molecule has 7 nitrogen and oxygen atoms in total. The van der Waals surface area contributed by atoms with Gasteiger partial charge in [-0.3, -0.25) is 14.9 Å². The van der Waals surface area contributed by atoms with Gasteiger partial charge in [-0.05, 0) is 52.8 Å². The third-order valence-electron chi connectivity index (χ3n) is 6.81. The minimum atomic E-state index is -0.868. The highest BCUT2D eigenvalue weighted by molar-refractivity contribution is 5.86. The van der Waals surface area contributed by atoms with E-state index in [-0.39, 0.29) is 31.4 Å². The molecule has 1 fully saturated rings. The maximum atomic E-state index is 12.5. The largest absolute Gasteiger partial charge is 0.481 e. The number of carbonyl (C=O) groups excluding carboxylic acids is 2. The number of anilines is 1. The summed E-state index contributed by atoms with van der Waals surface area (Å²) in [6.07, 6.45) is 0.700. The summed E-state index contributed by atoms with van der Waals surface area (Å²) in [4.78, 5) is 36.1. The fourth-order valence-electron chi connectivity index (χ4n) is 4.64. The second kappa shape index (κ2) is 9.25. The zero-order chi connectivity index (χ0) is 24.4. The lowest BCUT2D eigenvalue weighted by Crippen LogP contribution is -2.35. The number of carboxylic acids is 1. The monoisotopic (exact) mass is 470 g/mol. The summed E-state index contributed by atoms with van der Waals surface area (Å²) in [5, 5.41) is 14.7. The van der Waals surface area contributed by atoms with E-state index in [4.69, 9.17) is 4.74 Å². The molecule has 0 heterocycles.